The van der Waals surface area contributed by atoms with Gasteiger partial charge in [0.05, 0.1) is 13.0 Å². The Labute approximate surface area is 178 Å². The number of hydrogen-bond donors (Lipinski definition) is 0. The fraction of sp³-hybridized carbons (Fsp3) is 0.435. The van der Waals surface area contributed by atoms with Gasteiger partial charge in [0.15, 0.2) is 0 Å². The highest BCUT2D eigenvalue weighted by molar-refractivity contribution is 7.89. The van der Waals surface area contributed by atoms with Crippen molar-refractivity contribution in [1.82, 2.24) is 4.31 Å². The van der Waals surface area contributed by atoms with Crippen molar-refractivity contribution in [3.8, 4) is 5.75 Å². The van der Waals surface area contributed by atoms with Crippen LogP contribution in [0.5, 0.6) is 5.75 Å². The summed E-state index contributed by atoms with van der Waals surface area (Å²) in [5, 5.41) is 0. The summed E-state index contributed by atoms with van der Waals surface area (Å²) < 4.78 is 33.5. The van der Waals surface area contributed by atoms with Crippen LogP contribution >= 0.6 is 0 Å². The molecule has 1 amide bonds. The Kier molecular flexibility index (Phi) is 5.59. The first-order valence-corrected chi connectivity index (χ1v) is 11.8. The Bertz CT molecular complexity index is 1070. The van der Waals surface area contributed by atoms with E-state index in [4.69, 9.17) is 4.74 Å². The van der Waals surface area contributed by atoms with Crippen LogP contribution in [0.25, 0.3) is 0 Å². The van der Waals surface area contributed by atoms with Crippen LogP contribution in [0.15, 0.2) is 47.4 Å². The van der Waals surface area contributed by atoms with E-state index in [2.05, 4.69) is 6.07 Å². The number of methoxy groups -OCH3 is 1. The van der Waals surface area contributed by atoms with Crippen molar-refractivity contribution in [2.45, 2.75) is 44.0 Å². The first-order valence-electron chi connectivity index (χ1n) is 10.4. The largest absolute Gasteiger partial charge is 0.495 e. The minimum absolute atomic E-state index is 0.0172. The van der Waals surface area contributed by atoms with Gasteiger partial charge < -0.3 is 9.64 Å². The van der Waals surface area contributed by atoms with E-state index >= 15 is 0 Å². The van der Waals surface area contributed by atoms with E-state index in [0.29, 0.717) is 25.1 Å². The highest BCUT2D eigenvalue weighted by atomic mass is 32.2. The van der Waals surface area contributed by atoms with Crippen molar-refractivity contribution in [3.63, 3.8) is 0 Å². The molecule has 0 unspecified atom stereocenters. The molecule has 160 valence electrons. The van der Waals surface area contributed by atoms with Crippen molar-refractivity contribution in [2.24, 2.45) is 5.92 Å². The van der Waals surface area contributed by atoms with E-state index in [1.807, 2.05) is 43.0 Å². The number of nitrogens with zero attached hydrogens (tertiary/aromatic N) is 2. The molecule has 1 saturated heterocycles. The molecule has 2 aliphatic rings. The number of ether oxygens (including phenoxy) is 1. The summed E-state index contributed by atoms with van der Waals surface area (Å²) in [4.78, 5) is 15.5. The maximum absolute atomic E-state index is 13.4. The maximum atomic E-state index is 13.4. The topological polar surface area (TPSA) is 66.9 Å². The molecule has 4 rings (SSSR count). The quantitative estimate of drug-likeness (QED) is 0.749. The molecular weight excluding hydrogens is 400 g/mol. The number of rotatable bonds is 4. The molecule has 0 saturated carbocycles. The zero-order valence-electron chi connectivity index (χ0n) is 17.7. The summed E-state index contributed by atoms with van der Waals surface area (Å²) >= 11 is 0. The summed E-state index contributed by atoms with van der Waals surface area (Å²) in [6.45, 7) is 4.51. The number of hydrogen-bond acceptors (Lipinski definition) is 4. The Morgan fingerprint density at radius 2 is 1.93 bits per heavy atom. The van der Waals surface area contributed by atoms with E-state index in [9.17, 15) is 13.2 Å². The second kappa shape index (κ2) is 8.04. The Morgan fingerprint density at radius 3 is 2.70 bits per heavy atom. The predicted octanol–water partition coefficient (Wildman–Crippen LogP) is 3.38. The number of amides is 1. The minimum Gasteiger partial charge on any atom is -0.495 e. The van der Waals surface area contributed by atoms with Gasteiger partial charge in [0, 0.05) is 24.8 Å². The van der Waals surface area contributed by atoms with Gasteiger partial charge in [0.1, 0.15) is 10.6 Å². The van der Waals surface area contributed by atoms with Crippen molar-refractivity contribution < 1.29 is 17.9 Å². The molecule has 2 atom stereocenters. The van der Waals surface area contributed by atoms with Crippen molar-refractivity contribution in [2.75, 3.05) is 25.1 Å². The van der Waals surface area contributed by atoms with Crippen molar-refractivity contribution >= 4 is 21.6 Å². The third-order valence-corrected chi connectivity index (χ3v) is 8.00. The molecule has 7 heteroatoms. The second-order valence-corrected chi connectivity index (χ2v) is 10.2. The number of benzene rings is 2. The fourth-order valence-corrected chi connectivity index (χ4v) is 6.35. The molecule has 30 heavy (non-hydrogen) atoms. The lowest BCUT2D eigenvalue weighted by atomic mass is 9.97. The zero-order chi connectivity index (χ0) is 21.5. The normalized spacial score (nSPS) is 22.0. The van der Waals surface area contributed by atoms with Crippen LogP contribution in [0, 0.1) is 12.8 Å². The van der Waals surface area contributed by atoms with Gasteiger partial charge in [-0.15, -0.1) is 0 Å². The van der Waals surface area contributed by atoms with Gasteiger partial charge in [-0.25, -0.2) is 8.42 Å². The van der Waals surface area contributed by atoms with E-state index in [-0.39, 0.29) is 29.3 Å². The van der Waals surface area contributed by atoms with Crippen molar-refractivity contribution in [1.29, 1.82) is 0 Å². The highest BCUT2D eigenvalue weighted by Gasteiger charge is 2.39. The molecular formula is C23H28N2O4S. The third-order valence-electron chi connectivity index (χ3n) is 6.12. The fourth-order valence-electron chi connectivity index (χ4n) is 4.58. The number of piperidine rings is 1. The summed E-state index contributed by atoms with van der Waals surface area (Å²) in [5.74, 6) is -0.00219. The number of para-hydroxylation sites is 1. The Morgan fingerprint density at radius 1 is 1.17 bits per heavy atom. The van der Waals surface area contributed by atoms with Gasteiger partial charge in [0.25, 0.3) is 0 Å². The van der Waals surface area contributed by atoms with Gasteiger partial charge in [-0.1, -0.05) is 24.3 Å². The van der Waals surface area contributed by atoms with Crippen molar-refractivity contribution in [3.05, 3.63) is 53.6 Å². The van der Waals surface area contributed by atoms with Crippen LogP contribution < -0.4 is 9.64 Å². The molecule has 2 heterocycles. The van der Waals surface area contributed by atoms with Gasteiger partial charge in [-0.2, -0.15) is 4.31 Å². The predicted molar refractivity (Wildman–Crippen MR) is 116 cm³/mol. The van der Waals surface area contributed by atoms with Crippen LogP contribution in [-0.4, -0.2) is 44.9 Å². The van der Waals surface area contributed by atoms with Crippen LogP contribution in [0.3, 0.4) is 0 Å². The number of aryl methyl sites for hydroxylation is 1. The molecule has 2 aliphatic heterocycles. The summed E-state index contributed by atoms with van der Waals surface area (Å²) in [5.41, 5.74) is 2.97. The average molecular weight is 429 g/mol. The highest BCUT2D eigenvalue weighted by Crippen LogP contribution is 2.36. The number of carbonyl (C=O) groups is 1. The molecule has 1 fully saturated rings. The molecule has 2 aromatic carbocycles. The number of anilines is 1. The molecule has 6 nitrogen and oxygen atoms in total. The number of carbonyl (C=O) groups excluding carboxylic acids is 1. The van der Waals surface area contributed by atoms with Crippen LogP contribution in [0.4, 0.5) is 5.69 Å². The molecule has 0 aliphatic carbocycles. The summed E-state index contributed by atoms with van der Waals surface area (Å²) in [7, 11) is -2.28. The van der Waals surface area contributed by atoms with Gasteiger partial charge >= 0.3 is 0 Å². The van der Waals surface area contributed by atoms with Gasteiger partial charge in [-0.3, -0.25) is 4.79 Å². The van der Waals surface area contributed by atoms with E-state index in [1.165, 1.54) is 17.0 Å². The van der Waals surface area contributed by atoms with Crippen LogP contribution in [0.1, 0.15) is 30.9 Å². The van der Waals surface area contributed by atoms with Crippen LogP contribution in [-0.2, 0) is 21.2 Å². The summed E-state index contributed by atoms with van der Waals surface area (Å²) in [6.07, 6.45) is 2.19. The van der Waals surface area contributed by atoms with E-state index in [0.717, 1.165) is 17.7 Å². The first kappa shape index (κ1) is 20.9. The van der Waals surface area contributed by atoms with Gasteiger partial charge in [0.2, 0.25) is 15.9 Å². The molecule has 0 spiro atoms. The van der Waals surface area contributed by atoms with Crippen LogP contribution in [0.2, 0.25) is 0 Å². The lowest BCUT2D eigenvalue weighted by Gasteiger charge is -2.34. The van der Waals surface area contributed by atoms with E-state index < -0.39 is 10.0 Å². The monoisotopic (exact) mass is 428 g/mol. The standard InChI is InChI=1S/C23H28N2O4S/c1-16-10-11-21(29-3)22(13-16)30(27,28)24-12-6-8-19(15-24)23(26)25-17(2)14-18-7-4-5-9-20(18)25/h4-5,7,9-11,13,17,19H,6,8,12,14-15H2,1-3H3/t17-,19+/m0/s1. The zero-order valence-corrected chi connectivity index (χ0v) is 18.5. The SMILES string of the molecule is COc1ccc(C)cc1S(=O)(=O)N1CCC[C@@H](C(=O)N2c3ccccc3C[C@@H]2C)C1. The number of fused-ring (bicyclic) bond motifs is 1. The molecule has 0 N–H and O–H groups in total. The second-order valence-electron chi connectivity index (χ2n) is 8.25. The lowest BCUT2D eigenvalue weighted by molar-refractivity contribution is -0.123. The third kappa shape index (κ3) is 3.61. The first-order chi connectivity index (χ1) is 14.3. The summed E-state index contributed by atoms with van der Waals surface area (Å²) in [6, 6.07) is 13.2. The van der Waals surface area contributed by atoms with Gasteiger partial charge in [-0.05, 0) is 62.4 Å². The molecule has 0 radical (unpaired) electrons. The number of sulfonamides is 1. The Hall–Kier alpha value is -2.38. The Balaban J connectivity index is 1.60. The minimum atomic E-state index is -3.75. The molecule has 0 aromatic heterocycles. The van der Waals surface area contributed by atoms with E-state index in [1.54, 1.807) is 12.1 Å². The molecule has 2 aromatic rings. The smallest absolute Gasteiger partial charge is 0.246 e. The maximum Gasteiger partial charge on any atom is 0.246 e. The lowest BCUT2D eigenvalue weighted by Crippen LogP contribution is -2.48. The molecule has 0 bridgehead atoms. The average Bonchev–Trinajstić information content (AvgIpc) is 3.09.